The van der Waals surface area contributed by atoms with Gasteiger partial charge in [-0.3, -0.25) is 4.79 Å². The highest BCUT2D eigenvalue weighted by Gasteiger charge is 2.47. The van der Waals surface area contributed by atoms with Gasteiger partial charge in [-0.25, -0.2) is 0 Å². The van der Waals surface area contributed by atoms with Crippen LogP contribution in [0, 0.1) is 0 Å². The molecule has 25 heavy (non-hydrogen) atoms. The zero-order valence-electron chi connectivity index (χ0n) is 15.4. The number of rotatable bonds is 2. The lowest BCUT2D eigenvalue weighted by atomic mass is 9.74. The molecule has 0 bridgehead atoms. The van der Waals surface area contributed by atoms with E-state index in [2.05, 4.69) is 40.5 Å². The van der Waals surface area contributed by atoms with Crippen LogP contribution in [0.2, 0.25) is 0 Å². The van der Waals surface area contributed by atoms with Crippen LogP contribution in [0.3, 0.4) is 0 Å². The van der Waals surface area contributed by atoms with Crippen LogP contribution in [-0.2, 0) is 11.3 Å². The Bertz CT molecular complexity index is 585. The summed E-state index contributed by atoms with van der Waals surface area (Å²) in [7, 11) is 0. The third-order valence-electron chi connectivity index (χ3n) is 6.70. The third-order valence-corrected chi connectivity index (χ3v) is 6.70. The third kappa shape index (κ3) is 3.76. The normalized spacial score (nSPS) is 25.9. The van der Waals surface area contributed by atoms with Crippen LogP contribution in [0.4, 0.5) is 0 Å². The highest BCUT2D eigenvalue weighted by molar-refractivity contribution is 5.78. The van der Waals surface area contributed by atoms with Crippen LogP contribution in [0.25, 0.3) is 0 Å². The lowest BCUT2D eigenvalue weighted by Crippen LogP contribution is -2.60. The maximum atomic E-state index is 13.2. The maximum absolute atomic E-state index is 13.2. The van der Waals surface area contributed by atoms with Crippen molar-refractivity contribution in [3.05, 3.63) is 35.9 Å². The van der Waals surface area contributed by atoms with E-state index in [0.29, 0.717) is 12.3 Å². The van der Waals surface area contributed by atoms with E-state index in [1.807, 2.05) is 0 Å². The molecule has 1 saturated heterocycles. The van der Waals surface area contributed by atoms with Crippen molar-refractivity contribution < 1.29 is 4.79 Å². The van der Waals surface area contributed by atoms with Crippen molar-refractivity contribution in [2.24, 2.45) is 0 Å². The molecule has 1 aromatic carbocycles. The van der Waals surface area contributed by atoms with E-state index >= 15 is 0 Å². The van der Waals surface area contributed by atoms with Gasteiger partial charge in [0.25, 0.3) is 0 Å². The minimum absolute atomic E-state index is 0.0676. The van der Waals surface area contributed by atoms with Gasteiger partial charge in [0.1, 0.15) is 0 Å². The molecule has 1 amide bonds. The molecule has 0 unspecified atom stereocenters. The average molecular weight is 341 g/mol. The molecule has 2 saturated carbocycles. The van der Waals surface area contributed by atoms with Crippen LogP contribution in [0.5, 0.6) is 0 Å². The second kappa shape index (κ2) is 7.11. The average Bonchev–Trinajstić information content (AvgIpc) is 2.72. The van der Waals surface area contributed by atoms with Gasteiger partial charge in [-0.1, -0.05) is 68.9 Å². The molecule has 3 aliphatic rings. The number of benzene rings is 1. The summed E-state index contributed by atoms with van der Waals surface area (Å²) < 4.78 is 0. The molecular weight excluding hydrogens is 308 g/mol. The number of amides is 1. The lowest BCUT2D eigenvalue weighted by molar-refractivity contribution is -0.132. The Morgan fingerprint density at radius 2 is 1.44 bits per heavy atom. The molecule has 1 aliphatic heterocycles. The second-order valence-electron chi connectivity index (χ2n) is 8.72. The monoisotopic (exact) mass is 340 g/mol. The standard InChI is InChI=1S/C22H32N2O/c25-20-16-21(12-6-2-7-13-21)23-22(14-8-3-9-15-22)18-24(20)17-19-10-4-1-5-11-19/h1,4-5,10-11,23H,2-3,6-9,12-18H2. The van der Waals surface area contributed by atoms with E-state index in [1.54, 1.807) is 0 Å². The zero-order valence-corrected chi connectivity index (χ0v) is 15.4. The molecule has 3 fully saturated rings. The lowest BCUT2D eigenvalue weighted by Gasteiger charge is -2.47. The summed E-state index contributed by atoms with van der Waals surface area (Å²) in [4.78, 5) is 15.4. The highest BCUT2D eigenvalue weighted by atomic mass is 16.2. The summed E-state index contributed by atoms with van der Waals surface area (Å²) in [5, 5.41) is 4.13. The van der Waals surface area contributed by atoms with Crippen molar-refractivity contribution in [2.45, 2.75) is 88.3 Å². The van der Waals surface area contributed by atoms with Crippen LogP contribution < -0.4 is 5.32 Å². The fourth-order valence-electron chi connectivity index (χ4n) is 5.49. The number of carbonyl (C=O) groups is 1. The van der Waals surface area contributed by atoms with Gasteiger partial charge < -0.3 is 10.2 Å². The number of hydrogen-bond donors (Lipinski definition) is 1. The Kier molecular flexibility index (Phi) is 4.86. The molecule has 1 N–H and O–H groups in total. The molecule has 2 aliphatic carbocycles. The highest BCUT2D eigenvalue weighted by Crippen LogP contribution is 2.40. The first-order chi connectivity index (χ1) is 12.2. The van der Waals surface area contributed by atoms with Crippen LogP contribution in [0.1, 0.15) is 76.2 Å². The Morgan fingerprint density at radius 3 is 2.08 bits per heavy atom. The molecule has 2 spiro atoms. The summed E-state index contributed by atoms with van der Waals surface area (Å²) in [5.74, 6) is 0.362. The molecule has 3 heteroatoms. The largest absolute Gasteiger partial charge is 0.336 e. The van der Waals surface area contributed by atoms with Gasteiger partial charge >= 0.3 is 0 Å². The second-order valence-corrected chi connectivity index (χ2v) is 8.72. The van der Waals surface area contributed by atoms with Crippen molar-refractivity contribution in [3.63, 3.8) is 0 Å². The molecule has 3 nitrogen and oxygen atoms in total. The van der Waals surface area contributed by atoms with Gasteiger partial charge in [-0.15, -0.1) is 0 Å². The van der Waals surface area contributed by atoms with Gasteiger partial charge in [0, 0.05) is 30.6 Å². The minimum atomic E-state index is 0.0676. The molecule has 0 aromatic heterocycles. The van der Waals surface area contributed by atoms with Gasteiger partial charge in [0.2, 0.25) is 5.91 Å². The Labute approximate surface area is 152 Å². The summed E-state index contributed by atoms with van der Waals surface area (Å²) in [6.45, 7) is 1.65. The van der Waals surface area contributed by atoms with Crippen LogP contribution in [0.15, 0.2) is 30.3 Å². The topological polar surface area (TPSA) is 32.3 Å². The van der Waals surface area contributed by atoms with Gasteiger partial charge in [-0.2, -0.15) is 0 Å². The summed E-state index contributed by atoms with van der Waals surface area (Å²) >= 11 is 0. The smallest absolute Gasteiger partial charge is 0.224 e. The van der Waals surface area contributed by atoms with Gasteiger partial charge in [0.15, 0.2) is 0 Å². The number of nitrogens with zero attached hydrogens (tertiary/aromatic N) is 1. The van der Waals surface area contributed by atoms with Crippen molar-refractivity contribution in [1.82, 2.24) is 10.2 Å². The predicted octanol–water partition coefficient (Wildman–Crippen LogP) is 4.41. The van der Waals surface area contributed by atoms with E-state index < -0.39 is 0 Å². The van der Waals surface area contributed by atoms with Crippen LogP contribution >= 0.6 is 0 Å². The molecular formula is C22H32N2O. The molecule has 4 rings (SSSR count). The molecule has 0 atom stereocenters. The van der Waals surface area contributed by atoms with Crippen LogP contribution in [-0.4, -0.2) is 28.4 Å². The zero-order chi connectivity index (χ0) is 17.2. The predicted molar refractivity (Wildman–Crippen MR) is 101 cm³/mol. The van der Waals surface area contributed by atoms with E-state index in [1.165, 1.54) is 69.8 Å². The summed E-state index contributed by atoms with van der Waals surface area (Å²) in [5.41, 5.74) is 1.47. The van der Waals surface area contributed by atoms with Gasteiger partial charge in [0.05, 0.1) is 0 Å². The number of hydrogen-bond acceptors (Lipinski definition) is 2. The van der Waals surface area contributed by atoms with Crippen molar-refractivity contribution in [2.75, 3.05) is 6.54 Å². The van der Waals surface area contributed by atoms with E-state index in [-0.39, 0.29) is 11.1 Å². The first-order valence-corrected chi connectivity index (χ1v) is 10.3. The fraction of sp³-hybridized carbons (Fsp3) is 0.682. The first-order valence-electron chi connectivity index (χ1n) is 10.3. The SMILES string of the molecule is O=C1CC2(CCCCC2)NC2(CCCCC2)CN1Cc1ccccc1. The fourth-order valence-corrected chi connectivity index (χ4v) is 5.49. The number of carbonyl (C=O) groups excluding carboxylic acids is 1. The van der Waals surface area contributed by atoms with Crippen molar-refractivity contribution in [3.8, 4) is 0 Å². The first kappa shape index (κ1) is 17.1. The van der Waals surface area contributed by atoms with E-state index in [4.69, 9.17) is 0 Å². The quantitative estimate of drug-likeness (QED) is 0.864. The minimum Gasteiger partial charge on any atom is -0.336 e. The van der Waals surface area contributed by atoms with Crippen molar-refractivity contribution in [1.29, 1.82) is 0 Å². The van der Waals surface area contributed by atoms with E-state index in [0.717, 1.165) is 13.1 Å². The maximum Gasteiger partial charge on any atom is 0.224 e. The van der Waals surface area contributed by atoms with Gasteiger partial charge in [-0.05, 0) is 31.2 Å². The number of nitrogens with one attached hydrogen (secondary N) is 1. The summed E-state index contributed by atoms with van der Waals surface area (Å²) in [6, 6.07) is 10.5. The molecule has 136 valence electrons. The van der Waals surface area contributed by atoms with E-state index in [9.17, 15) is 4.79 Å². The molecule has 1 aromatic rings. The molecule has 1 heterocycles. The molecule has 0 radical (unpaired) electrons. The Balaban J connectivity index is 1.61. The summed E-state index contributed by atoms with van der Waals surface area (Å²) in [6.07, 6.45) is 13.3. The van der Waals surface area contributed by atoms with Crippen molar-refractivity contribution >= 4 is 5.91 Å². The Morgan fingerprint density at radius 1 is 0.840 bits per heavy atom. The Hall–Kier alpha value is -1.35.